The van der Waals surface area contributed by atoms with Crippen LogP contribution in [0.5, 0.6) is 0 Å². The van der Waals surface area contributed by atoms with E-state index in [4.69, 9.17) is 0 Å². The first-order valence-corrected chi connectivity index (χ1v) is 7.88. The van der Waals surface area contributed by atoms with Crippen LogP contribution in [-0.2, 0) is 0 Å². The van der Waals surface area contributed by atoms with E-state index in [0.29, 0.717) is 0 Å². The summed E-state index contributed by atoms with van der Waals surface area (Å²) in [5.41, 5.74) is 0.787. The molecule has 0 saturated heterocycles. The molecule has 0 aliphatic heterocycles. The number of benzene rings is 1. The Morgan fingerprint density at radius 1 is 1.30 bits per heavy atom. The van der Waals surface area contributed by atoms with Crippen molar-refractivity contribution in [3.8, 4) is 0 Å². The predicted molar refractivity (Wildman–Crippen MR) is 83.8 cm³/mol. The fourth-order valence-corrected chi connectivity index (χ4v) is 2.84. The third-order valence-electron chi connectivity index (χ3n) is 3.29. The number of rotatable bonds is 9. The maximum atomic E-state index is 13.6. The molecule has 1 atom stereocenters. The Morgan fingerprint density at radius 3 is 2.70 bits per heavy atom. The van der Waals surface area contributed by atoms with E-state index < -0.39 is 11.6 Å². The largest absolute Gasteiger partial charge is 0.310 e. The molecule has 0 saturated carbocycles. The summed E-state index contributed by atoms with van der Waals surface area (Å²) in [5, 5.41) is 3.34. The molecule has 112 valence electrons. The SMILES string of the molecule is C=CCCCCCC(NCC)c1ccc(F)c(F)c1Br. The van der Waals surface area contributed by atoms with Crippen molar-refractivity contribution in [3.05, 3.63) is 46.5 Å². The Kier molecular flexibility index (Phi) is 8.00. The summed E-state index contributed by atoms with van der Waals surface area (Å²) in [6, 6.07) is 2.89. The summed E-state index contributed by atoms with van der Waals surface area (Å²) in [5.74, 6) is -1.63. The van der Waals surface area contributed by atoms with Crippen molar-refractivity contribution in [3.63, 3.8) is 0 Å². The topological polar surface area (TPSA) is 12.0 Å². The molecule has 0 aliphatic rings. The van der Waals surface area contributed by atoms with Crippen LogP contribution in [0.15, 0.2) is 29.3 Å². The molecule has 0 aromatic heterocycles. The Morgan fingerprint density at radius 2 is 2.05 bits per heavy atom. The van der Waals surface area contributed by atoms with E-state index in [1.807, 2.05) is 13.0 Å². The van der Waals surface area contributed by atoms with E-state index in [-0.39, 0.29) is 10.5 Å². The van der Waals surface area contributed by atoms with Crippen LogP contribution in [0.3, 0.4) is 0 Å². The van der Waals surface area contributed by atoms with Crippen molar-refractivity contribution in [2.24, 2.45) is 0 Å². The van der Waals surface area contributed by atoms with Crippen LogP contribution in [0.2, 0.25) is 0 Å². The molecule has 4 heteroatoms. The van der Waals surface area contributed by atoms with Crippen LogP contribution in [-0.4, -0.2) is 6.54 Å². The summed E-state index contributed by atoms with van der Waals surface area (Å²) in [6.07, 6.45) is 7.16. The summed E-state index contributed by atoms with van der Waals surface area (Å²) < 4.78 is 27.0. The first-order chi connectivity index (χ1) is 9.61. The standard InChI is InChI=1S/C16H22BrF2N/c1-3-5-6-7-8-9-14(20-4-2)12-10-11-13(18)16(19)15(12)17/h3,10-11,14,20H,1,4-9H2,2H3. The van der Waals surface area contributed by atoms with Crippen LogP contribution in [0.25, 0.3) is 0 Å². The zero-order valence-corrected chi connectivity index (χ0v) is 13.5. The zero-order valence-electron chi connectivity index (χ0n) is 11.9. The second-order valence-electron chi connectivity index (χ2n) is 4.80. The average molecular weight is 346 g/mol. The van der Waals surface area contributed by atoms with Gasteiger partial charge >= 0.3 is 0 Å². The Bertz CT molecular complexity index is 435. The van der Waals surface area contributed by atoms with Crippen molar-refractivity contribution in [1.82, 2.24) is 5.32 Å². The third-order valence-corrected chi connectivity index (χ3v) is 4.10. The number of halogens is 3. The average Bonchev–Trinajstić information content (AvgIpc) is 2.44. The lowest BCUT2D eigenvalue weighted by atomic mass is 9.99. The van der Waals surface area contributed by atoms with Gasteiger partial charge in [-0.2, -0.15) is 0 Å². The van der Waals surface area contributed by atoms with Crippen LogP contribution < -0.4 is 5.32 Å². The van der Waals surface area contributed by atoms with Gasteiger partial charge in [-0.1, -0.05) is 31.9 Å². The van der Waals surface area contributed by atoms with Crippen molar-refractivity contribution >= 4 is 15.9 Å². The molecule has 1 nitrogen and oxygen atoms in total. The van der Waals surface area contributed by atoms with Crippen molar-refractivity contribution in [1.29, 1.82) is 0 Å². The first kappa shape index (κ1) is 17.3. The summed E-state index contributed by atoms with van der Waals surface area (Å²) >= 11 is 3.17. The van der Waals surface area contributed by atoms with Crippen molar-refractivity contribution < 1.29 is 8.78 Å². The van der Waals surface area contributed by atoms with Crippen LogP contribution in [0, 0.1) is 11.6 Å². The number of allylic oxidation sites excluding steroid dienone is 1. The summed E-state index contributed by atoms with van der Waals surface area (Å²) in [4.78, 5) is 0. The van der Waals surface area contributed by atoms with E-state index in [1.54, 1.807) is 6.07 Å². The fraction of sp³-hybridized carbons (Fsp3) is 0.500. The molecule has 0 spiro atoms. The summed E-state index contributed by atoms with van der Waals surface area (Å²) in [7, 11) is 0. The molecule has 20 heavy (non-hydrogen) atoms. The minimum atomic E-state index is -0.818. The molecule has 1 aromatic rings. The monoisotopic (exact) mass is 345 g/mol. The molecule has 0 fully saturated rings. The molecule has 0 heterocycles. The van der Waals surface area contributed by atoms with Gasteiger partial charge in [0, 0.05) is 6.04 Å². The van der Waals surface area contributed by atoms with E-state index in [2.05, 4.69) is 27.8 Å². The number of hydrogen-bond donors (Lipinski definition) is 1. The van der Waals surface area contributed by atoms with Crippen molar-refractivity contribution in [2.45, 2.75) is 45.1 Å². The van der Waals surface area contributed by atoms with E-state index in [0.717, 1.165) is 44.2 Å². The molecular weight excluding hydrogens is 324 g/mol. The zero-order chi connectivity index (χ0) is 15.0. The lowest BCUT2D eigenvalue weighted by Gasteiger charge is -2.20. The van der Waals surface area contributed by atoms with Crippen LogP contribution >= 0.6 is 15.9 Å². The van der Waals surface area contributed by atoms with Gasteiger partial charge in [0.1, 0.15) is 0 Å². The third kappa shape index (κ3) is 4.98. The maximum absolute atomic E-state index is 13.6. The van der Waals surface area contributed by atoms with Gasteiger partial charge in [-0.05, 0) is 53.4 Å². The van der Waals surface area contributed by atoms with Gasteiger partial charge < -0.3 is 5.32 Å². The van der Waals surface area contributed by atoms with Crippen LogP contribution in [0.1, 0.15) is 50.6 Å². The van der Waals surface area contributed by atoms with E-state index in [1.165, 1.54) is 6.07 Å². The number of hydrogen-bond acceptors (Lipinski definition) is 1. The summed E-state index contributed by atoms with van der Waals surface area (Å²) in [6.45, 7) is 6.51. The fourth-order valence-electron chi connectivity index (χ4n) is 2.24. The normalized spacial score (nSPS) is 12.4. The first-order valence-electron chi connectivity index (χ1n) is 7.09. The minimum absolute atomic E-state index is 0.0493. The Labute approximate surface area is 128 Å². The molecular formula is C16H22BrF2N. The van der Waals surface area contributed by atoms with E-state index >= 15 is 0 Å². The molecule has 0 amide bonds. The highest BCUT2D eigenvalue weighted by Gasteiger charge is 2.18. The second-order valence-corrected chi connectivity index (χ2v) is 5.59. The lowest BCUT2D eigenvalue weighted by Crippen LogP contribution is -2.21. The molecule has 0 bridgehead atoms. The van der Waals surface area contributed by atoms with Crippen molar-refractivity contribution in [2.75, 3.05) is 6.54 Å². The highest BCUT2D eigenvalue weighted by molar-refractivity contribution is 9.10. The molecule has 1 aromatic carbocycles. The Hall–Kier alpha value is -0.740. The second kappa shape index (κ2) is 9.24. The molecule has 1 N–H and O–H groups in total. The van der Waals surface area contributed by atoms with Gasteiger partial charge in [0.25, 0.3) is 0 Å². The van der Waals surface area contributed by atoms with Gasteiger partial charge in [-0.3, -0.25) is 0 Å². The number of unbranched alkanes of at least 4 members (excludes halogenated alkanes) is 3. The lowest BCUT2D eigenvalue weighted by molar-refractivity contribution is 0.467. The maximum Gasteiger partial charge on any atom is 0.173 e. The van der Waals surface area contributed by atoms with Crippen LogP contribution in [0.4, 0.5) is 8.78 Å². The predicted octanol–water partition coefficient (Wildman–Crippen LogP) is 5.51. The molecule has 0 radical (unpaired) electrons. The van der Waals surface area contributed by atoms with Gasteiger partial charge in [0.15, 0.2) is 11.6 Å². The van der Waals surface area contributed by atoms with Gasteiger partial charge in [0.2, 0.25) is 0 Å². The smallest absolute Gasteiger partial charge is 0.173 e. The minimum Gasteiger partial charge on any atom is -0.310 e. The van der Waals surface area contributed by atoms with Gasteiger partial charge in [0.05, 0.1) is 4.47 Å². The number of nitrogens with one attached hydrogen (secondary N) is 1. The molecule has 0 aliphatic carbocycles. The quantitative estimate of drug-likeness (QED) is 0.353. The highest BCUT2D eigenvalue weighted by atomic mass is 79.9. The highest BCUT2D eigenvalue weighted by Crippen LogP contribution is 2.30. The van der Waals surface area contributed by atoms with Gasteiger partial charge in [-0.25, -0.2) is 8.78 Å². The molecule has 1 rings (SSSR count). The van der Waals surface area contributed by atoms with E-state index in [9.17, 15) is 8.78 Å². The van der Waals surface area contributed by atoms with Gasteiger partial charge in [-0.15, -0.1) is 6.58 Å². The molecule has 1 unspecified atom stereocenters. The Balaban J connectivity index is 2.70.